The van der Waals surface area contributed by atoms with E-state index in [0.717, 1.165) is 17.5 Å². The van der Waals surface area contributed by atoms with Crippen LogP contribution in [0.25, 0.3) is 0 Å². The third kappa shape index (κ3) is 7.18. The summed E-state index contributed by atoms with van der Waals surface area (Å²) < 4.78 is 0. The van der Waals surface area contributed by atoms with E-state index in [1.807, 2.05) is 36.4 Å². The van der Waals surface area contributed by atoms with Crippen LogP contribution in [0.4, 0.5) is 0 Å². The molecule has 1 saturated carbocycles. The molecular weight excluding hydrogens is 396 g/mol. The van der Waals surface area contributed by atoms with Gasteiger partial charge in [0.15, 0.2) is 0 Å². The van der Waals surface area contributed by atoms with Crippen LogP contribution in [0.1, 0.15) is 63.5 Å². The average molecular weight is 437 g/mol. The minimum atomic E-state index is -0.643. The van der Waals surface area contributed by atoms with Crippen LogP contribution in [-0.2, 0) is 11.2 Å². The van der Waals surface area contributed by atoms with Crippen LogP contribution in [0.5, 0.6) is 0 Å². The van der Waals surface area contributed by atoms with Gasteiger partial charge in [-0.1, -0.05) is 94.3 Å². The lowest BCUT2D eigenvalue weighted by Gasteiger charge is -2.36. The topological polar surface area (TPSA) is 61.4 Å². The molecule has 2 aromatic rings. The first-order valence-corrected chi connectivity index (χ1v) is 12.2. The summed E-state index contributed by atoms with van der Waals surface area (Å²) in [6, 6.07) is 20.3. The largest absolute Gasteiger partial charge is 0.390 e. The zero-order chi connectivity index (χ0) is 22.9. The highest BCUT2D eigenvalue weighted by Gasteiger charge is 2.29. The smallest absolute Gasteiger partial charge is 0.220 e. The molecule has 0 aliphatic heterocycles. The molecule has 4 nitrogen and oxygen atoms in total. The number of nitrogens with one attached hydrogen (secondary N) is 2. The van der Waals surface area contributed by atoms with Gasteiger partial charge in [-0.05, 0) is 41.7 Å². The fourth-order valence-electron chi connectivity index (χ4n) is 4.88. The number of benzene rings is 2. The monoisotopic (exact) mass is 436 g/mol. The Balaban J connectivity index is 1.61. The van der Waals surface area contributed by atoms with Gasteiger partial charge in [0.2, 0.25) is 5.91 Å². The van der Waals surface area contributed by atoms with E-state index in [4.69, 9.17) is 0 Å². The highest BCUT2D eigenvalue weighted by atomic mass is 16.3. The van der Waals surface area contributed by atoms with E-state index < -0.39 is 6.10 Å². The minimum Gasteiger partial charge on any atom is -0.390 e. The van der Waals surface area contributed by atoms with E-state index in [9.17, 15) is 9.90 Å². The lowest BCUT2D eigenvalue weighted by Crippen LogP contribution is -2.51. The second kappa shape index (κ2) is 12.2. The third-order valence-corrected chi connectivity index (χ3v) is 7.27. The zero-order valence-electron chi connectivity index (χ0n) is 19.8. The van der Waals surface area contributed by atoms with Crippen LogP contribution >= 0.6 is 0 Å². The maximum absolute atomic E-state index is 12.9. The van der Waals surface area contributed by atoms with Crippen LogP contribution in [0.15, 0.2) is 60.7 Å². The summed E-state index contributed by atoms with van der Waals surface area (Å²) in [6.07, 6.45) is 4.06. The molecule has 0 bridgehead atoms. The van der Waals surface area contributed by atoms with Gasteiger partial charge in [-0.15, -0.1) is 0 Å². The lowest BCUT2D eigenvalue weighted by molar-refractivity contribution is -0.123. The Morgan fingerprint density at radius 3 is 2.38 bits per heavy atom. The minimum absolute atomic E-state index is 0.0130. The van der Waals surface area contributed by atoms with Gasteiger partial charge in [0.1, 0.15) is 0 Å². The van der Waals surface area contributed by atoms with Crippen molar-refractivity contribution in [3.05, 3.63) is 71.8 Å². The number of carbonyl (C=O) groups is 1. The summed E-state index contributed by atoms with van der Waals surface area (Å²) in [6.45, 7) is 7.20. The van der Waals surface area contributed by atoms with Gasteiger partial charge in [-0.2, -0.15) is 0 Å². The molecule has 1 amide bonds. The number of amides is 1. The van der Waals surface area contributed by atoms with Gasteiger partial charge in [-0.3, -0.25) is 4.79 Å². The highest BCUT2D eigenvalue weighted by molar-refractivity contribution is 5.77. The summed E-state index contributed by atoms with van der Waals surface area (Å²) in [5.41, 5.74) is 2.28. The van der Waals surface area contributed by atoms with Crippen LogP contribution < -0.4 is 10.6 Å². The van der Waals surface area contributed by atoms with E-state index >= 15 is 0 Å². The van der Waals surface area contributed by atoms with Crippen LogP contribution in [0.3, 0.4) is 0 Å². The molecule has 1 aliphatic rings. The first-order valence-electron chi connectivity index (χ1n) is 12.2. The van der Waals surface area contributed by atoms with Gasteiger partial charge < -0.3 is 15.7 Å². The number of aliphatic hydroxyl groups excluding tert-OH is 1. The van der Waals surface area contributed by atoms with Crippen LogP contribution in [0, 0.1) is 11.8 Å². The number of rotatable bonds is 10. The molecule has 0 spiro atoms. The molecule has 1 aliphatic carbocycles. The molecule has 4 unspecified atom stereocenters. The Kier molecular flexibility index (Phi) is 9.31. The highest BCUT2D eigenvalue weighted by Crippen LogP contribution is 2.29. The van der Waals surface area contributed by atoms with E-state index in [2.05, 4.69) is 55.7 Å². The van der Waals surface area contributed by atoms with Gasteiger partial charge in [0, 0.05) is 19.0 Å². The van der Waals surface area contributed by atoms with Gasteiger partial charge in [0.25, 0.3) is 0 Å². The maximum atomic E-state index is 12.9. The Labute approximate surface area is 193 Å². The second-order valence-electron chi connectivity index (χ2n) is 9.73. The molecule has 3 N–H and O–H groups in total. The number of carbonyl (C=O) groups excluding carboxylic acids is 1. The molecule has 0 heterocycles. The van der Waals surface area contributed by atoms with Crippen molar-refractivity contribution in [3.8, 4) is 0 Å². The molecule has 0 aromatic heterocycles. The number of aliphatic hydroxyl groups is 1. The summed E-state index contributed by atoms with van der Waals surface area (Å²) in [7, 11) is 0. The number of hydrogen-bond donors (Lipinski definition) is 3. The Morgan fingerprint density at radius 1 is 1.03 bits per heavy atom. The van der Waals surface area contributed by atoms with Crippen molar-refractivity contribution in [1.82, 2.24) is 10.6 Å². The summed E-state index contributed by atoms with van der Waals surface area (Å²) in [5, 5.41) is 17.8. The Morgan fingerprint density at radius 2 is 1.69 bits per heavy atom. The number of hydrogen-bond acceptors (Lipinski definition) is 3. The molecule has 32 heavy (non-hydrogen) atoms. The Bertz CT molecular complexity index is 811. The fraction of sp³-hybridized carbons (Fsp3) is 0.536. The molecule has 1 fully saturated rings. The van der Waals surface area contributed by atoms with Gasteiger partial charge >= 0.3 is 0 Å². The van der Waals surface area contributed by atoms with Crippen molar-refractivity contribution in [2.45, 2.75) is 77.0 Å². The normalized spacial score (nSPS) is 23.8. The van der Waals surface area contributed by atoms with Crippen LogP contribution in [0.2, 0.25) is 0 Å². The quantitative estimate of drug-likeness (QED) is 0.507. The molecule has 2 aromatic carbocycles. The SMILES string of the molecule is CC(CC(=O)N[C@H](Cc1ccccc1)[C@H](O)CNC1CCCC(C)C1C)c1ccccc1. The molecule has 6 atom stereocenters. The first kappa shape index (κ1) is 24.5. The fourth-order valence-corrected chi connectivity index (χ4v) is 4.88. The van der Waals surface area contributed by atoms with E-state index in [1.54, 1.807) is 0 Å². The standard InChI is InChI=1S/C28H40N2O2/c1-20-11-10-16-25(22(20)3)29-19-27(31)26(18-23-12-6-4-7-13-23)30-28(32)17-21(2)24-14-8-5-9-15-24/h4-9,12-15,20-22,25-27,29,31H,10-11,16-19H2,1-3H3,(H,30,32)/t20?,21?,22?,25?,26-,27-/m1/s1. The maximum Gasteiger partial charge on any atom is 0.220 e. The molecule has 0 saturated heterocycles. The third-order valence-electron chi connectivity index (χ3n) is 7.27. The molecule has 4 heteroatoms. The summed E-state index contributed by atoms with van der Waals surface area (Å²) in [4.78, 5) is 12.9. The predicted octanol–water partition coefficient (Wildman–Crippen LogP) is 4.68. The van der Waals surface area contributed by atoms with Gasteiger partial charge in [0.05, 0.1) is 12.1 Å². The summed E-state index contributed by atoms with van der Waals surface area (Å²) in [5.74, 6) is 1.43. The molecule has 3 rings (SSSR count). The van der Waals surface area contributed by atoms with Crippen molar-refractivity contribution in [1.29, 1.82) is 0 Å². The van der Waals surface area contributed by atoms with Crippen molar-refractivity contribution >= 4 is 5.91 Å². The van der Waals surface area contributed by atoms with E-state index in [-0.39, 0.29) is 17.9 Å². The zero-order valence-corrected chi connectivity index (χ0v) is 19.8. The second-order valence-corrected chi connectivity index (χ2v) is 9.73. The van der Waals surface area contributed by atoms with Crippen molar-refractivity contribution in [3.63, 3.8) is 0 Å². The molecular formula is C28H40N2O2. The van der Waals surface area contributed by atoms with E-state index in [1.165, 1.54) is 12.8 Å². The van der Waals surface area contributed by atoms with Crippen LogP contribution in [-0.4, -0.2) is 35.7 Å². The predicted molar refractivity (Wildman–Crippen MR) is 132 cm³/mol. The summed E-state index contributed by atoms with van der Waals surface area (Å²) >= 11 is 0. The molecule has 0 radical (unpaired) electrons. The van der Waals surface area contributed by atoms with E-state index in [0.29, 0.717) is 37.3 Å². The first-order chi connectivity index (χ1) is 15.4. The van der Waals surface area contributed by atoms with Gasteiger partial charge in [-0.25, -0.2) is 0 Å². The van der Waals surface area contributed by atoms with Crippen molar-refractivity contribution < 1.29 is 9.90 Å². The Hall–Kier alpha value is -2.17. The van der Waals surface area contributed by atoms with Crippen molar-refractivity contribution in [2.75, 3.05) is 6.54 Å². The van der Waals surface area contributed by atoms with Crippen molar-refractivity contribution in [2.24, 2.45) is 11.8 Å². The lowest BCUT2D eigenvalue weighted by atomic mass is 9.78. The molecule has 174 valence electrons. The average Bonchev–Trinajstić information content (AvgIpc) is 2.80.